The first kappa shape index (κ1) is 16.5. The van der Waals surface area contributed by atoms with Crippen LogP contribution in [-0.2, 0) is 21.3 Å². The molecule has 1 saturated heterocycles. The number of nitrogens with one attached hydrogen (secondary N) is 1. The fourth-order valence-corrected chi connectivity index (χ4v) is 3.79. The highest BCUT2D eigenvalue weighted by molar-refractivity contribution is 7.89. The fourth-order valence-electron chi connectivity index (χ4n) is 2.29. The second-order valence-corrected chi connectivity index (χ2v) is 7.71. The number of hydrogen-bond donors (Lipinski definition) is 1. The number of morpholine rings is 1. The van der Waals surface area contributed by atoms with Crippen molar-refractivity contribution in [1.29, 1.82) is 0 Å². The third-order valence-corrected chi connectivity index (χ3v) is 5.07. The van der Waals surface area contributed by atoms with Gasteiger partial charge in [0, 0.05) is 13.1 Å². The van der Waals surface area contributed by atoms with E-state index in [0.717, 1.165) is 13.0 Å². The van der Waals surface area contributed by atoms with Crippen LogP contribution in [0.15, 0.2) is 21.6 Å². The SMILES string of the molecule is CCCNCc1ccc(S(=O)(=O)N2CCOC(C)(C)C2)o1. The summed E-state index contributed by atoms with van der Waals surface area (Å²) in [6, 6.07) is 3.24. The molecule has 1 aliphatic heterocycles. The molecule has 0 spiro atoms. The van der Waals surface area contributed by atoms with E-state index in [9.17, 15) is 8.42 Å². The van der Waals surface area contributed by atoms with Crippen LogP contribution >= 0.6 is 0 Å². The van der Waals surface area contributed by atoms with Crippen LogP contribution in [0, 0.1) is 0 Å². The van der Waals surface area contributed by atoms with E-state index in [1.54, 1.807) is 6.07 Å². The number of ether oxygens (including phenoxy) is 1. The molecule has 6 nitrogen and oxygen atoms in total. The van der Waals surface area contributed by atoms with Gasteiger partial charge in [-0.2, -0.15) is 4.31 Å². The minimum Gasteiger partial charge on any atom is -0.447 e. The Bertz CT molecular complexity index is 565. The van der Waals surface area contributed by atoms with Gasteiger partial charge in [-0.05, 0) is 38.9 Å². The molecule has 1 aromatic heterocycles. The second-order valence-electron chi connectivity index (χ2n) is 5.84. The maximum Gasteiger partial charge on any atom is 0.276 e. The van der Waals surface area contributed by atoms with Crippen LogP contribution in [0.1, 0.15) is 33.0 Å². The Labute approximate surface area is 126 Å². The average Bonchev–Trinajstić information content (AvgIpc) is 2.87. The van der Waals surface area contributed by atoms with Crippen LogP contribution < -0.4 is 5.32 Å². The van der Waals surface area contributed by atoms with Crippen molar-refractivity contribution in [3.05, 3.63) is 17.9 Å². The predicted octanol–water partition coefficient (Wildman–Crippen LogP) is 1.58. The molecule has 0 unspecified atom stereocenters. The fraction of sp³-hybridized carbons (Fsp3) is 0.714. The second kappa shape index (κ2) is 6.48. The van der Waals surface area contributed by atoms with Crippen LogP contribution in [0.25, 0.3) is 0 Å². The van der Waals surface area contributed by atoms with Crippen LogP contribution in [0.5, 0.6) is 0 Å². The van der Waals surface area contributed by atoms with Gasteiger partial charge in [0.2, 0.25) is 5.09 Å². The summed E-state index contributed by atoms with van der Waals surface area (Å²) in [5.74, 6) is 0.634. The van der Waals surface area contributed by atoms with Crippen molar-refractivity contribution in [2.45, 2.75) is 44.4 Å². The third kappa shape index (κ3) is 4.06. The van der Waals surface area contributed by atoms with Crippen molar-refractivity contribution in [2.24, 2.45) is 0 Å². The molecule has 1 aromatic rings. The summed E-state index contributed by atoms with van der Waals surface area (Å²) in [5.41, 5.74) is -0.469. The van der Waals surface area contributed by atoms with Gasteiger partial charge in [0.05, 0.1) is 18.8 Å². The predicted molar refractivity (Wildman–Crippen MR) is 79.5 cm³/mol. The van der Waals surface area contributed by atoms with Crippen molar-refractivity contribution in [1.82, 2.24) is 9.62 Å². The molecule has 1 N–H and O–H groups in total. The maximum absolute atomic E-state index is 12.6. The largest absolute Gasteiger partial charge is 0.447 e. The zero-order valence-electron chi connectivity index (χ0n) is 12.9. The normalized spacial score (nSPS) is 19.8. The Hall–Kier alpha value is -0.890. The van der Waals surface area contributed by atoms with E-state index in [1.807, 2.05) is 13.8 Å². The molecule has 0 radical (unpaired) electrons. The molecule has 0 saturated carbocycles. The van der Waals surface area contributed by atoms with Crippen molar-refractivity contribution in [3.63, 3.8) is 0 Å². The first-order valence-electron chi connectivity index (χ1n) is 7.29. The Balaban J connectivity index is 2.09. The molecular weight excluding hydrogens is 292 g/mol. The lowest BCUT2D eigenvalue weighted by molar-refractivity contribution is -0.0642. The van der Waals surface area contributed by atoms with E-state index in [-0.39, 0.29) is 5.09 Å². The third-order valence-electron chi connectivity index (χ3n) is 3.35. The summed E-state index contributed by atoms with van der Waals surface area (Å²) in [5, 5.41) is 3.19. The molecule has 1 fully saturated rings. The van der Waals surface area contributed by atoms with Gasteiger partial charge in [-0.3, -0.25) is 0 Å². The summed E-state index contributed by atoms with van der Waals surface area (Å²) in [6.45, 7) is 8.35. The average molecular weight is 316 g/mol. The summed E-state index contributed by atoms with van der Waals surface area (Å²) >= 11 is 0. The molecule has 21 heavy (non-hydrogen) atoms. The zero-order valence-corrected chi connectivity index (χ0v) is 13.7. The lowest BCUT2D eigenvalue weighted by Crippen LogP contribution is -2.50. The highest BCUT2D eigenvalue weighted by Gasteiger charge is 2.36. The standard InChI is InChI=1S/C14H24N2O4S/c1-4-7-15-10-12-5-6-13(20-12)21(17,18)16-8-9-19-14(2,3)11-16/h5-6,15H,4,7-11H2,1-3H3. The Morgan fingerprint density at radius 3 is 2.81 bits per heavy atom. The van der Waals surface area contributed by atoms with Crippen molar-refractivity contribution in [2.75, 3.05) is 26.2 Å². The lowest BCUT2D eigenvalue weighted by atomic mass is 10.1. The van der Waals surface area contributed by atoms with Gasteiger partial charge >= 0.3 is 0 Å². The van der Waals surface area contributed by atoms with Gasteiger partial charge in [-0.1, -0.05) is 6.92 Å². The number of rotatable bonds is 6. The van der Waals surface area contributed by atoms with E-state index in [2.05, 4.69) is 12.2 Å². The Morgan fingerprint density at radius 2 is 2.14 bits per heavy atom. The minimum atomic E-state index is -3.58. The zero-order chi connectivity index (χ0) is 15.5. The van der Waals surface area contributed by atoms with Gasteiger partial charge in [0.25, 0.3) is 10.0 Å². The monoisotopic (exact) mass is 316 g/mol. The molecule has 0 amide bonds. The van der Waals surface area contributed by atoms with E-state index in [4.69, 9.17) is 9.15 Å². The minimum absolute atomic E-state index is 0.00787. The van der Waals surface area contributed by atoms with E-state index < -0.39 is 15.6 Å². The Morgan fingerprint density at radius 1 is 1.38 bits per heavy atom. The van der Waals surface area contributed by atoms with Gasteiger partial charge < -0.3 is 14.5 Å². The van der Waals surface area contributed by atoms with Crippen LogP contribution in [0.3, 0.4) is 0 Å². The van der Waals surface area contributed by atoms with Crippen molar-refractivity contribution < 1.29 is 17.6 Å². The highest BCUT2D eigenvalue weighted by atomic mass is 32.2. The van der Waals surface area contributed by atoms with Gasteiger partial charge in [0.1, 0.15) is 5.76 Å². The number of nitrogens with zero attached hydrogens (tertiary/aromatic N) is 1. The lowest BCUT2D eigenvalue weighted by Gasteiger charge is -2.36. The molecule has 0 atom stereocenters. The van der Waals surface area contributed by atoms with Crippen LogP contribution in [-0.4, -0.2) is 44.6 Å². The van der Waals surface area contributed by atoms with E-state index >= 15 is 0 Å². The van der Waals surface area contributed by atoms with E-state index in [1.165, 1.54) is 10.4 Å². The first-order valence-corrected chi connectivity index (χ1v) is 8.73. The molecule has 0 aromatic carbocycles. The smallest absolute Gasteiger partial charge is 0.276 e. The van der Waals surface area contributed by atoms with Crippen molar-refractivity contribution in [3.8, 4) is 0 Å². The molecule has 0 bridgehead atoms. The molecule has 2 heterocycles. The topological polar surface area (TPSA) is 71.8 Å². The Kier molecular flexibility index (Phi) is 5.08. The molecule has 2 rings (SSSR count). The summed E-state index contributed by atoms with van der Waals surface area (Å²) in [7, 11) is -3.58. The first-order chi connectivity index (χ1) is 9.85. The van der Waals surface area contributed by atoms with Crippen LogP contribution in [0.4, 0.5) is 0 Å². The van der Waals surface area contributed by atoms with Gasteiger partial charge in [-0.15, -0.1) is 0 Å². The van der Waals surface area contributed by atoms with Gasteiger partial charge in [-0.25, -0.2) is 8.42 Å². The molecule has 120 valence electrons. The molecular formula is C14H24N2O4S. The number of furan rings is 1. The van der Waals surface area contributed by atoms with E-state index in [0.29, 0.717) is 32.0 Å². The number of hydrogen-bond acceptors (Lipinski definition) is 5. The molecule has 1 aliphatic rings. The molecule has 0 aliphatic carbocycles. The summed E-state index contributed by atoms with van der Waals surface area (Å²) in [6.07, 6.45) is 1.02. The van der Waals surface area contributed by atoms with Crippen LogP contribution in [0.2, 0.25) is 0 Å². The maximum atomic E-state index is 12.6. The summed E-state index contributed by atoms with van der Waals surface area (Å²) < 4.78 is 37.6. The van der Waals surface area contributed by atoms with Gasteiger partial charge in [0.15, 0.2) is 0 Å². The highest BCUT2D eigenvalue weighted by Crippen LogP contribution is 2.24. The van der Waals surface area contributed by atoms with Crippen molar-refractivity contribution >= 4 is 10.0 Å². The summed E-state index contributed by atoms with van der Waals surface area (Å²) in [4.78, 5) is 0. The number of sulfonamides is 1. The molecule has 7 heteroatoms. The quantitative estimate of drug-likeness (QED) is 0.807.